The number of aromatic nitrogens is 3. The van der Waals surface area contributed by atoms with Crippen LogP contribution in [0.5, 0.6) is 0 Å². The molecule has 1 N–H and O–H groups in total. The van der Waals surface area contributed by atoms with Gasteiger partial charge in [0.25, 0.3) is 5.56 Å². The molecule has 1 atom stereocenters. The van der Waals surface area contributed by atoms with E-state index in [2.05, 4.69) is 22.6 Å². The summed E-state index contributed by atoms with van der Waals surface area (Å²) < 4.78 is 1.18. The van der Waals surface area contributed by atoms with Crippen molar-refractivity contribution in [2.24, 2.45) is 5.92 Å². The standard InChI is InChI=1S/C16H22N4O2S/c1-9-5-6-10-11(7-9)23-14-13(10)15(22)20(19-18-14)8-12(21)17-16(2,3)4/h9H,5-8H2,1-4H3,(H,17,21)/t9-/m0/s1. The molecule has 2 heterocycles. The zero-order chi connectivity index (χ0) is 16.8. The van der Waals surface area contributed by atoms with E-state index >= 15 is 0 Å². The van der Waals surface area contributed by atoms with Crippen LogP contribution in [-0.4, -0.2) is 26.4 Å². The van der Waals surface area contributed by atoms with E-state index in [0.29, 0.717) is 16.1 Å². The van der Waals surface area contributed by atoms with Crippen LogP contribution in [0.25, 0.3) is 10.2 Å². The monoisotopic (exact) mass is 334 g/mol. The average molecular weight is 334 g/mol. The van der Waals surface area contributed by atoms with Crippen LogP contribution >= 0.6 is 11.3 Å². The minimum absolute atomic E-state index is 0.0972. The van der Waals surface area contributed by atoms with Gasteiger partial charge in [0.1, 0.15) is 6.54 Å². The van der Waals surface area contributed by atoms with Gasteiger partial charge in [-0.2, -0.15) is 0 Å². The lowest BCUT2D eigenvalue weighted by molar-refractivity contribution is -0.123. The van der Waals surface area contributed by atoms with E-state index < -0.39 is 0 Å². The topological polar surface area (TPSA) is 76.9 Å². The Morgan fingerprint density at radius 3 is 2.87 bits per heavy atom. The molecule has 0 unspecified atom stereocenters. The minimum atomic E-state index is -0.337. The Labute approximate surface area is 138 Å². The number of thiophene rings is 1. The summed E-state index contributed by atoms with van der Waals surface area (Å²) in [5, 5.41) is 11.6. The second-order valence-electron chi connectivity index (χ2n) is 7.38. The molecule has 1 aliphatic carbocycles. The van der Waals surface area contributed by atoms with E-state index in [4.69, 9.17) is 0 Å². The summed E-state index contributed by atoms with van der Waals surface area (Å²) in [5.41, 5.74) is 0.578. The fourth-order valence-corrected chi connectivity index (χ4v) is 4.31. The number of nitrogens with one attached hydrogen (secondary N) is 1. The van der Waals surface area contributed by atoms with Gasteiger partial charge in [0.05, 0.1) is 5.39 Å². The predicted octanol–water partition coefficient (Wildman–Crippen LogP) is 1.89. The molecular weight excluding hydrogens is 312 g/mol. The highest BCUT2D eigenvalue weighted by atomic mass is 32.1. The van der Waals surface area contributed by atoms with E-state index in [-0.39, 0.29) is 23.6 Å². The molecule has 0 aliphatic heterocycles. The van der Waals surface area contributed by atoms with Gasteiger partial charge in [-0.15, -0.1) is 16.4 Å². The molecule has 0 saturated carbocycles. The molecule has 0 fully saturated rings. The van der Waals surface area contributed by atoms with Crippen LogP contribution in [0.1, 0.15) is 44.6 Å². The molecule has 6 nitrogen and oxygen atoms in total. The third-order valence-corrected chi connectivity index (χ3v) is 5.13. The Morgan fingerprint density at radius 1 is 1.43 bits per heavy atom. The normalized spacial score (nSPS) is 18.0. The molecule has 7 heteroatoms. The van der Waals surface area contributed by atoms with Gasteiger partial charge in [0, 0.05) is 10.4 Å². The summed E-state index contributed by atoms with van der Waals surface area (Å²) in [6.45, 7) is 7.84. The zero-order valence-corrected chi connectivity index (χ0v) is 14.8. The average Bonchev–Trinajstić information content (AvgIpc) is 2.78. The van der Waals surface area contributed by atoms with E-state index in [1.54, 1.807) is 11.3 Å². The minimum Gasteiger partial charge on any atom is -0.350 e. The second kappa shape index (κ2) is 5.70. The molecule has 0 saturated heterocycles. The Bertz CT molecular complexity index is 816. The van der Waals surface area contributed by atoms with Gasteiger partial charge in [0.2, 0.25) is 5.91 Å². The summed E-state index contributed by atoms with van der Waals surface area (Å²) >= 11 is 1.57. The number of hydrogen-bond acceptors (Lipinski definition) is 5. The van der Waals surface area contributed by atoms with E-state index in [9.17, 15) is 9.59 Å². The van der Waals surface area contributed by atoms with Gasteiger partial charge < -0.3 is 5.32 Å². The molecule has 124 valence electrons. The number of carbonyl (C=O) groups is 1. The fourth-order valence-electron chi connectivity index (χ4n) is 2.99. The van der Waals surface area contributed by atoms with Crippen LogP contribution in [0.2, 0.25) is 0 Å². The number of nitrogens with zero attached hydrogens (tertiary/aromatic N) is 3. The highest BCUT2D eigenvalue weighted by molar-refractivity contribution is 7.18. The van der Waals surface area contributed by atoms with Crippen molar-refractivity contribution in [3.63, 3.8) is 0 Å². The first-order valence-electron chi connectivity index (χ1n) is 7.93. The number of amides is 1. The van der Waals surface area contributed by atoms with Crippen molar-refractivity contribution in [2.75, 3.05) is 0 Å². The quantitative estimate of drug-likeness (QED) is 0.910. The highest BCUT2D eigenvalue weighted by Gasteiger charge is 2.24. The maximum Gasteiger partial charge on any atom is 0.279 e. The van der Waals surface area contributed by atoms with Crippen molar-refractivity contribution in [2.45, 2.75) is 59.0 Å². The SMILES string of the molecule is C[C@H]1CCc2c(sc3nnn(CC(=O)NC(C)(C)C)c(=O)c23)C1. The lowest BCUT2D eigenvalue weighted by Crippen LogP contribution is -2.44. The molecule has 1 aliphatic rings. The van der Waals surface area contributed by atoms with Crippen LogP contribution in [0, 0.1) is 5.92 Å². The van der Waals surface area contributed by atoms with Gasteiger partial charge in [-0.25, -0.2) is 4.68 Å². The van der Waals surface area contributed by atoms with Crippen LogP contribution in [0.3, 0.4) is 0 Å². The predicted molar refractivity (Wildman–Crippen MR) is 90.8 cm³/mol. The van der Waals surface area contributed by atoms with Crippen molar-refractivity contribution in [1.29, 1.82) is 0 Å². The molecule has 0 bridgehead atoms. The summed E-state index contributed by atoms with van der Waals surface area (Å²) in [6.07, 6.45) is 3.00. The third-order valence-electron chi connectivity index (χ3n) is 3.99. The van der Waals surface area contributed by atoms with Crippen LogP contribution in [0.4, 0.5) is 0 Å². The van der Waals surface area contributed by atoms with Gasteiger partial charge in [-0.1, -0.05) is 12.1 Å². The highest BCUT2D eigenvalue weighted by Crippen LogP contribution is 2.35. The molecule has 0 aromatic carbocycles. The largest absolute Gasteiger partial charge is 0.350 e. The first-order chi connectivity index (χ1) is 10.7. The van der Waals surface area contributed by atoms with Crippen LogP contribution in [0.15, 0.2) is 4.79 Å². The molecule has 23 heavy (non-hydrogen) atoms. The summed E-state index contributed by atoms with van der Waals surface area (Å²) in [5.74, 6) is 0.411. The van der Waals surface area contributed by atoms with Gasteiger partial charge in [-0.3, -0.25) is 9.59 Å². The van der Waals surface area contributed by atoms with E-state index in [1.165, 1.54) is 9.56 Å². The number of fused-ring (bicyclic) bond motifs is 3. The van der Waals surface area contributed by atoms with Gasteiger partial charge in [0.15, 0.2) is 4.83 Å². The molecule has 2 aromatic rings. The van der Waals surface area contributed by atoms with E-state index in [1.807, 2.05) is 20.8 Å². The Kier molecular flexibility index (Phi) is 4.00. The molecular formula is C16H22N4O2S. The van der Waals surface area contributed by atoms with Crippen LogP contribution < -0.4 is 10.9 Å². The van der Waals surface area contributed by atoms with Crippen LogP contribution in [-0.2, 0) is 24.2 Å². The van der Waals surface area contributed by atoms with Gasteiger partial charge in [-0.05, 0) is 51.5 Å². The van der Waals surface area contributed by atoms with Crippen molar-refractivity contribution < 1.29 is 4.79 Å². The second-order valence-corrected chi connectivity index (χ2v) is 8.47. The first-order valence-corrected chi connectivity index (χ1v) is 8.75. The van der Waals surface area contributed by atoms with Crippen molar-refractivity contribution >= 4 is 27.5 Å². The number of rotatable bonds is 2. The summed E-state index contributed by atoms with van der Waals surface area (Å²) in [6, 6.07) is 0. The summed E-state index contributed by atoms with van der Waals surface area (Å²) in [4.78, 5) is 26.7. The van der Waals surface area contributed by atoms with Crippen molar-refractivity contribution in [3.8, 4) is 0 Å². The smallest absolute Gasteiger partial charge is 0.279 e. The molecule has 0 spiro atoms. The molecule has 3 rings (SSSR count). The molecule has 2 aromatic heterocycles. The molecule has 1 amide bonds. The maximum atomic E-state index is 12.7. The third kappa shape index (κ3) is 3.29. The Hall–Kier alpha value is -1.76. The molecule has 0 radical (unpaired) electrons. The zero-order valence-electron chi connectivity index (χ0n) is 14.0. The lowest BCUT2D eigenvalue weighted by Gasteiger charge is -2.20. The van der Waals surface area contributed by atoms with E-state index in [0.717, 1.165) is 24.8 Å². The lowest BCUT2D eigenvalue weighted by atomic mass is 9.89. The Balaban J connectivity index is 1.96. The van der Waals surface area contributed by atoms with Gasteiger partial charge >= 0.3 is 0 Å². The maximum absolute atomic E-state index is 12.7. The van der Waals surface area contributed by atoms with Crippen molar-refractivity contribution in [3.05, 3.63) is 20.8 Å². The fraction of sp³-hybridized carbons (Fsp3) is 0.625. The summed E-state index contributed by atoms with van der Waals surface area (Å²) in [7, 11) is 0. The van der Waals surface area contributed by atoms with Crippen molar-refractivity contribution in [1.82, 2.24) is 20.3 Å². The first kappa shape index (κ1) is 16.1. The number of aryl methyl sites for hydroxylation is 1. The number of carbonyl (C=O) groups excluding carboxylic acids is 1. The number of hydrogen-bond donors (Lipinski definition) is 1. The Morgan fingerprint density at radius 2 is 2.17 bits per heavy atom.